The summed E-state index contributed by atoms with van der Waals surface area (Å²) in [6, 6.07) is 0. The van der Waals surface area contributed by atoms with Crippen LogP contribution >= 0.6 is 15.3 Å². The summed E-state index contributed by atoms with van der Waals surface area (Å²) in [7, 11) is -15.6. The van der Waals surface area contributed by atoms with Gasteiger partial charge < -0.3 is 0 Å². The van der Waals surface area contributed by atoms with Crippen LogP contribution in [-0.4, -0.2) is 43.3 Å². The molecule has 1 nitrogen and oxygen atoms in total. The molecule has 0 bridgehead atoms. The van der Waals surface area contributed by atoms with E-state index < -0.39 is 58.6 Å². The van der Waals surface area contributed by atoms with Gasteiger partial charge in [0.05, 0.1) is 0 Å². The van der Waals surface area contributed by atoms with Crippen LogP contribution in [0.2, 0.25) is 19.6 Å². The van der Waals surface area contributed by atoms with Crippen molar-refractivity contribution in [3.05, 3.63) is 0 Å². The van der Waals surface area contributed by atoms with Crippen molar-refractivity contribution < 1.29 is 65.9 Å². The Labute approximate surface area is 149 Å². The average Bonchev–Trinajstić information content (AvgIpc) is 2.31. The average molecular weight is 506 g/mol. The SMILES string of the molecule is C[Si](C)(C)P(N=[P+](C(F)(F)C(F)(F)F)C(F)(F)C(F)(F)F)C(F)(F)C(F)(F)F. The van der Waals surface area contributed by atoms with Crippen LogP contribution in [0.25, 0.3) is 0 Å². The van der Waals surface area contributed by atoms with Crippen molar-refractivity contribution in [2.45, 2.75) is 55.2 Å². The first-order chi connectivity index (χ1) is 11.7. The van der Waals surface area contributed by atoms with Crippen LogP contribution in [0.5, 0.6) is 0 Å². The van der Waals surface area contributed by atoms with Crippen LogP contribution in [0.15, 0.2) is 4.52 Å². The van der Waals surface area contributed by atoms with E-state index >= 15 is 0 Å². The van der Waals surface area contributed by atoms with E-state index in [9.17, 15) is 65.9 Å². The second-order valence-electron chi connectivity index (χ2n) is 6.00. The minimum atomic E-state index is -7.12. The highest BCUT2D eigenvalue weighted by molar-refractivity contribution is 7.96. The normalized spacial score (nSPS) is 16.8. The lowest BCUT2D eigenvalue weighted by Crippen LogP contribution is -2.44. The summed E-state index contributed by atoms with van der Waals surface area (Å²) in [5, 5.41) is 0. The Bertz CT molecular complexity index is 569. The zero-order valence-corrected chi connectivity index (χ0v) is 16.3. The molecule has 1 atom stereocenters. The van der Waals surface area contributed by atoms with Crippen LogP contribution in [0.1, 0.15) is 0 Å². The Morgan fingerprint density at radius 1 is 0.571 bits per heavy atom. The monoisotopic (exact) mass is 506 g/mol. The molecule has 0 heterocycles. The molecule has 0 amide bonds. The highest BCUT2D eigenvalue weighted by atomic mass is 31.4. The largest absolute Gasteiger partial charge is 0.527 e. The molecular formula is C9H9F15NP2Si+. The number of hydrogen-bond donors (Lipinski definition) is 0. The fourth-order valence-electron chi connectivity index (χ4n) is 1.35. The van der Waals surface area contributed by atoms with E-state index in [1.807, 2.05) is 0 Å². The Kier molecular flexibility index (Phi) is 7.35. The number of nitrogens with zero attached hydrogens (tertiary/aromatic N) is 1. The van der Waals surface area contributed by atoms with E-state index in [0.29, 0.717) is 19.6 Å². The van der Waals surface area contributed by atoms with Gasteiger partial charge in [0.25, 0.3) is 0 Å². The Hall–Kier alpha value is -0.303. The van der Waals surface area contributed by atoms with E-state index in [2.05, 4.69) is 0 Å². The van der Waals surface area contributed by atoms with Gasteiger partial charge in [0.15, 0.2) is 0 Å². The lowest BCUT2D eigenvalue weighted by molar-refractivity contribution is -0.260. The van der Waals surface area contributed by atoms with Gasteiger partial charge in [0.1, 0.15) is 15.4 Å². The zero-order valence-electron chi connectivity index (χ0n) is 13.5. The summed E-state index contributed by atoms with van der Waals surface area (Å²) in [5.41, 5.74) is -20.2. The van der Waals surface area contributed by atoms with Gasteiger partial charge in [-0.15, -0.1) is 17.6 Å². The van der Waals surface area contributed by atoms with Crippen LogP contribution in [-0.2, 0) is 0 Å². The Morgan fingerprint density at radius 3 is 1.04 bits per heavy atom. The molecular weight excluding hydrogens is 497 g/mol. The molecule has 0 aromatic rings. The maximum atomic E-state index is 13.6. The van der Waals surface area contributed by atoms with Gasteiger partial charge in [-0.3, -0.25) is 0 Å². The van der Waals surface area contributed by atoms with Crippen molar-refractivity contribution in [2.75, 3.05) is 0 Å². The Balaban J connectivity index is 7.17. The molecule has 0 saturated carbocycles. The van der Waals surface area contributed by atoms with Gasteiger partial charge in [0, 0.05) is 0 Å². The van der Waals surface area contributed by atoms with Crippen molar-refractivity contribution in [3.63, 3.8) is 0 Å². The number of halogens is 15. The summed E-state index contributed by atoms with van der Waals surface area (Å²) in [6.45, 7) is 1.56. The van der Waals surface area contributed by atoms with Crippen LogP contribution < -0.4 is 0 Å². The molecule has 0 rings (SSSR count). The van der Waals surface area contributed by atoms with Crippen molar-refractivity contribution in [2.24, 2.45) is 4.52 Å². The molecule has 0 N–H and O–H groups in total. The van der Waals surface area contributed by atoms with Gasteiger partial charge in [-0.05, 0) is 0 Å². The van der Waals surface area contributed by atoms with E-state index in [4.69, 9.17) is 0 Å². The van der Waals surface area contributed by atoms with Gasteiger partial charge in [-0.25, -0.2) is 0 Å². The Morgan fingerprint density at radius 2 is 0.857 bits per heavy atom. The fourth-order valence-corrected chi connectivity index (χ4v) is 12.5. The first-order valence-electron chi connectivity index (χ1n) is 6.38. The predicted octanol–water partition coefficient (Wildman–Crippen LogP) is 8.35. The van der Waals surface area contributed by atoms with E-state index in [1.54, 1.807) is 4.52 Å². The van der Waals surface area contributed by atoms with Crippen molar-refractivity contribution in [1.29, 1.82) is 0 Å². The summed E-state index contributed by atoms with van der Waals surface area (Å²) < 4.78 is 194. The molecule has 0 saturated heterocycles. The molecule has 0 aliphatic carbocycles. The first-order valence-corrected chi connectivity index (χ1v) is 13.3. The molecule has 19 heteroatoms. The summed E-state index contributed by atoms with van der Waals surface area (Å²) in [6.07, 6.45) is -20.9. The lowest BCUT2D eigenvalue weighted by atomic mass is 10.7. The topological polar surface area (TPSA) is 12.4 Å². The molecule has 28 heavy (non-hydrogen) atoms. The minimum Gasteiger partial charge on any atom is -0.189 e. The van der Waals surface area contributed by atoms with Crippen molar-refractivity contribution in [3.8, 4) is 0 Å². The van der Waals surface area contributed by atoms with E-state index in [0.717, 1.165) is 0 Å². The van der Waals surface area contributed by atoms with Gasteiger partial charge in [-0.1, -0.05) is 24.2 Å². The smallest absolute Gasteiger partial charge is 0.189 e. The summed E-state index contributed by atoms with van der Waals surface area (Å²) >= 11 is 0. The standard InChI is InChI=1S/C9H9F15NP2Si/c1-28(2,3)27(9(23,24)6(16,17)18)25-26(7(19,20)4(10,11)12)8(21,22)5(13,14)15/h1-3H3/q+1. The molecule has 0 aromatic heterocycles. The molecule has 0 fully saturated rings. The van der Waals surface area contributed by atoms with Gasteiger partial charge >= 0.3 is 43.2 Å². The molecule has 0 spiro atoms. The van der Waals surface area contributed by atoms with E-state index in [1.165, 1.54) is 0 Å². The van der Waals surface area contributed by atoms with Crippen molar-refractivity contribution in [1.82, 2.24) is 0 Å². The molecule has 0 aliphatic rings. The second kappa shape index (κ2) is 7.43. The third-order valence-corrected chi connectivity index (χ3v) is 13.2. The van der Waals surface area contributed by atoms with Crippen molar-refractivity contribution >= 4 is 23.1 Å². The van der Waals surface area contributed by atoms with Crippen LogP contribution in [0.4, 0.5) is 65.9 Å². The van der Waals surface area contributed by atoms with Crippen LogP contribution in [0, 0.1) is 0 Å². The first kappa shape index (κ1) is 27.7. The third kappa shape index (κ3) is 5.24. The zero-order chi connectivity index (χ0) is 23.4. The second-order valence-corrected chi connectivity index (χ2v) is 19.3. The van der Waals surface area contributed by atoms with E-state index in [-0.39, 0.29) is 0 Å². The van der Waals surface area contributed by atoms with Gasteiger partial charge in [0.2, 0.25) is 0 Å². The molecule has 1 unspecified atom stereocenters. The van der Waals surface area contributed by atoms with Crippen LogP contribution in [0.3, 0.4) is 0 Å². The minimum absolute atomic E-state index is 0.521. The third-order valence-electron chi connectivity index (χ3n) is 2.64. The quantitative estimate of drug-likeness (QED) is 0.202. The van der Waals surface area contributed by atoms with Gasteiger partial charge in [-0.2, -0.15) is 48.3 Å². The maximum absolute atomic E-state index is 13.6. The highest BCUT2D eigenvalue weighted by Crippen LogP contribution is 2.74. The summed E-state index contributed by atoms with van der Waals surface area (Å²) in [4.78, 5) is 0. The fraction of sp³-hybridized carbons (Fsp3) is 1.00. The maximum Gasteiger partial charge on any atom is 0.527 e. The highest BCUT2D eigenvalue weighted by Gasteiger charge is 2.85. The summed E-state index contributed by atoms with van der Waals surface area (Å²) in [5.74, 6) is 0. The molecule has 0 aromatic carbocycles. The molecule has 168 valence electrons. The predicted molar refractivity (Wildman–Crippen MR) is 72.6 cm³/mol. The number of rotatable bonds is 5. The lowest BCUT2D eigenvalue weighted by Gasteiger charge is -2.32. The number of hydrogen-bond acceptors (Lipinski definition) is 1. The molecule has 0 aliphatic heterocycles. The molecule has 0 radical (unpaired) electrons. The number of alkyl halides is 15.